The minimum absolute atomic E-state index is 0.213. The molecule has 24 heavy (non-hydrogen) atoms. The molecule has 1 aromatic rings. The van der Waals surface area contributed by atoms with Gasteiger partial charge in [0.2, 0.25) is 0 Å². The molecule has 0 fully saturated rings. The highest BCUT2D eigenvalue weighted by atomic mass is 16.3. The average molecular weight is 329 g/mol. The third-order valence-corrected chi connectivity index (χ3v) is 4.25. The lowest BCUT2D eigenvalue weighted by molar-refractivity contribution is 0.0785. The predicted molar refractivity (Wildman–Crippen MR) is 102 cm³/mol. The molecule has 0 saturated heterocycles. The third-order valence-electron chi connectivity index (χ3n) is 4.25. The molecule has 2 rings (SSSR count). The van der Waals surface area contributed by atoms with Crippen LogP contribution in [0.1, 0.15) is 51.3 Å². The van der Waals surface area contributed by atoms with Gasteiger partial charge < -0.3 is 14.9 Å². The van der Waals surface area contributed by atoms with E-state index in [0.29, 0.717) is 0 Å². The van der Waals surface area contributed by atoms with Crippen LogP contribution >= 0.6 is 0 Å². The third kappa shape index (κ3) is 4.41. The molecule has 0 saturated carbocycles. The summed E-state index contributed by atoms with van der Waals surface area (Å²) in [7, 11) is 0. The predicted octanol–water partition coefficient (Wildman–Crippen LogP) is 4.33. The van der Waals surface area contributed by atoms with Crippen molar-refractivity contribution in [3.63, 3.8) is 0 Å². The molecule has 0 aromatic heterocycles. The Balaban J connectivity index is 2.45. The van der Waals surface area contributed by atoms with Gasteiger partial charge in [-0.05, 0) is 43.4 Å². The Morgan fingerprint density at radius 3 is 2.42 bits per heavy atom. The maximum absolute atomic E-state index is 10.4. The fourth-order valence-electron chi connectivity index (χ4n) is 3.09. The van der Waals surface area contributed by atoms with Crippen molar-refractivity contribution in [3.8, 4) is 0 Å². The van der Waals surface area contributed by atoms with E-state index in [1.54, 1.807) is 0 Å². The van der Waals surface area contributed by atoms with Crippen LogP contribution in [0.25, 0.3) is 5.70 Å². The summed E-state index contributed by atoms with van der Waals surface area (Å²) in [6.45, 7) is 19.2. The van der Waals surface area contributed by atoms with Gasteiger partial charge in [0.05, 0.1) is 18.0 Å². The van der Waals surface area contributed by atoms with Crippen LogP contribution in [-0.4, -0.2) is 34.7 Å². The zero-order valence-corrected chi connectivity index (χ0v) is 16.1. The van der Waals surface area contributed by atoms with Crippen LogP contribution in [0.4, 0.5) is 0 Å². The normalized spacial score (nSPS) is 15.7. The summed E-state index contributed by atoms with van der Waals surface area (Å²) in [5.41, 5.74) is 3.98. The molecule has 0 unspecified atom stereocenters. The van der Waals surface area contributed by atoms with Crippen LogP contribution in [0, 0.1) is 12.3 Å². The molecule has 1 aliphatic heterocycles. The van der Waals surface area contributed by atoms with E-state index in [2.05, 4.69) is 62.4 Å². The van der Waals surface area contributed by atoms with Gasteiger partial charge >= 0.3 is 0 Å². The summed E-state index contributed by atoms with van der Waals surface area (Å²) in [5, 5.41) is 10.4. The number of hydrogen-bond donors (Lipinski definition) is 1. The number of nitrogens with zero attached hydrogens (tertiary/aromatic N) is 2. The smallest absolute Gasteiger partial charge is 0.0902 e. The molecule has 3 nitrogen and oxygen atoms in total. The topological polar surface area (TPSA) is 26.7 Å². The second-order valence-corrected chi connectivity index (χ2v) is 8.56. The Bertz CT molecular complexity index is 632. The van der Waals surface area contributed by atoms with E-state index in [1.165, 1.54) is 16.8 Å². The summed E-state index contributed by atoms with van der Waals surface area (Å²) in [5.74, 6) is 0. The number of aryl methyl sites for hydroxylation is 1. The van der Waals surface area contributed by atoms with E-state index in [0.717, 1.165) is 25.3 Å². The van der Waals surface area contributed by atoms with Gasteiger partial charge in [-0.15, -0.1) is 6.58 Å². The second-order valence-electron chi connectivity index (χ2n) is 8.56. The highest BCUT2D eigenvalue weighted by molar-refractivity contribution is 5.69. The maximum Gasteiger partial charge on any atom is 0.0902 e. The van der Waals surface area contributed by atoms with Crippen LogP contribution in [0.3, 0.4) is 0 Å². The summed E-state index contributed by atoms with van der Waals surface area (Å²) in [6, 6.07) is 6.26. The Morgan fingerprint density at radius 1 is 1.21 bits per heavy atom. The van der Waals surface area contributed by atoms with E-state index in [9.17, 15) is 5.11 Å². The fraction of sp³-hybridized carbons (Fsp3) is 0.524. The van der Waals surface area contributed by atoms with Crippen LogP contribution in [-0.2, 0) is 5.60 Å². The Labute approximate surface area is 147 Å². The lowest BCUT2D eigenvalue weighted by atomic mass is 9.92. The van der Waals surface area contributed by atoms with Gasteiger partial charge in [0.15, 0.2) is 0 Å². The highest BCUT2D eigenvalue weighted by Crippen LogP contribution is 2.33. The Kier molecular flexibility index (Phi) is 5.14. The van der Waals surface area contributed by atoms with Gasteiger partial charge in [-0.1, -0.05) is 39.0 Å². The summed E-state index contributed by atoms with van der Waals surface area (Å²) < 4.78 is 0. The van der Waals surface area contributed by atoms with Gasteiger partial charge in [-0.3, -0.25) is 0 Å². The molecule has 132 valence electrons. The lowest BCUT2D eigenvalue weighted by Crippen LogP contribution is -2.33. The number of benzene rings is 1. The first-order valence-electron chi connectivity index (χ1n) is 8.67. The zero-order valence-electron chi connectivity index (χ0n) is 16.1. The monoisotopic (exact) mass is 328 g/mol. The molecule has 1 aromatic carbocycles. The van der Waals surface area contributed by atoms with Crippen molar-refractivity contribution in [1.82, 2.24) is 9.80 Å². The molecule has 0 amide bonds. The summed E-state index contributed by atoms with van der Waals surface area (Å²) in [4.78, 5) is 4.71. The van der Waals surface area contributed by atoms with Crippen molar-refractivity contribution in [3.05, 3.63) is 53.7 Å². The molecule has 0 radical (unpaired) electrons. The molecular weight excluding hydrogens is 296 g/mol. The van der Waals surface area contributed by atoms with E-state index in [4.69, 9.17) is 0 Å². The van der Waals surface area contributed by atoms with Crippen molar-refractivity contribution in [2.75, 3.05) is 19.8 Å². The Morgan fingerprint density at radius 2 is 1.88 bits per heavy atom. The molecule has 1 N–H and O–H groups in total. The first-order valence-corrected chi connectivity index (χ1v) is 8.67. The van der Waals surface area contributed by atoms with Crippen molar-refractivity contribution in [2.24, 2.45) is 5.41 Å². The van der Waals surface area contributed by atoms with Gasteiger partial charge in [-0.2, -0.15) is 0 Å². The molecular formula is C21H32N2O. The number of hydrogen-bond acceptors (Lipinski definition) is 3. The van der Waals surface area contributed by atoms with E-state index in [-0.39, 0.29) is 5.41 Å². The Hall–Kier alpha value is -1.74. The van der Waals surface area contributed by atoms with E-state index >= 15 is 0 Å². The quantitative estimate of drug-likeness (QED) is 0.815. The number of aliphatic hydroxyl groups is 1. The van der Waals surface area contributed by atoms with Crippen molar-refractivity contribution < 1.29 is 5.11 Å². The van der Waals surface area contributed by atoms with Crippen molar-refractivity contribution >= 4 is 5.70 Å². The minimum atomic E-state index is -0.836. The van der Waals surface area contributed by atoms with Crippen LogP contribution in [0.15, 0.2) is 37.1 Å². The number of rotatable bonds is 5. The van der Waals surface area contributed by atoms with E-state index < -0.39 is 5.60 Å². The SMILES string of the molecule is C=CCN1C=C(c2cc(C(C)(C)O)ccc2C)N(CC(C)(C)C)C1. The average Bonchev–Trinajstić information content (AvgIpc) is 2.78. The minimum Gasteiger partial charge on any atom is -0.386 e. The summed E-state index contributed by atoms with van der Waals surface area (Å²) in [6.07, 6.45) is 4.17. The van der Waals surface area contributed by atoms with Gasteiger partial charge in [0.25, 0.3) is 0 Å². The van der Waals surface area contributed by atoms with Crippen LogP contribution in [0.2, 0.25) is 0 Å². The first kappa shape index (κ1) is 18.6. The standard InChI is InChI=1S/C21H32N2O/c1-8-11-22-13-19(23(15-22)14-20(3,4)5)18-12-17(21(6,7)24)10-9-16(18)2/h8-10,12-13,24H,1,11,14-15H2,2-7H3. The largest absolute Gasteiger partial charge is 0.386 e. The summed E-state index contributed by atoms with van der Waals surface area (Å²) >= 11 is 0. The molecule has 0 bridgehead atoms. The highest BCUT2D eigenvalue weighted by Gasteiger charge is 2.27. The second kappa shape index (κ2) is 6.64. The van der Waals surface area contributed by atoms with Gasteiger partial charge in [-0.25, -0.2) is 0 Å². The van der Waals surface area contributed by atoms with Crippen LogP contribution < -0.4 is 0 Å². The molecule has 0 aliphatic carbocycles. The van der Waals surface area contributed by atoms with E-state index in [1.807, 2.05) is 26.0 Å². The molecule has 0 spiro atoms. The van der Waals surface area contributed by atoms with Gasteiger partial charge in [0.1, 0.15) is 0 Å². The van der Waals surface area contributed by atoms with Crippen molar-refractivity contribution in [2.45, 2.75) is 47.1 Å². The first-order chi connectivity index (χ1) is 11.0. The zero-order chi connectivity index (χ0) is 18.1. The van der Waals surface area contributed by atoms with Gasteiger partial charge in [0, 0.05) is 24.9 Å². The maximum atomic E-state index is 10.4. The molecule has 0 atom stereocenters. The molecule has 3 heteroatoms. The van der Waals surface area contributed by atoms with Crippen LogP contribution in [0.5, 0.6) is 0 Å². The fourth-order valence-corrected chi connectivity index (χ4v) is 3.09. The molecule has 1 aliphatic rings. The lowest BCUT2D eigenvalue weighted by Gasteiger charge is -2.31. The van der Waals surface area contributed by atoms with Crippen molar-refractivity contribution in [1.29, 1.82) is 0 Å². The molecule has 1 heterocycles.